The van der Waals surface area contributed by atoms with Gasteiger partial charge in [0.2, 0.25) is 6.41 Å². The average molecular weight is 733 g/mol. The highest BCUT2D eigenvalue weighted by Gasteiger charge is 2.45. The van der Waals surface area contributed by atoms with Crippen LogP contribution in [0.1, 0.15) is 62.7 Å². The van der Waals surface area contributed by atoms with Crippen molar-refractivity contribution in [3.8, 4) is 20.9 Å². The lowest BCUT2D eigenvalue weighted by Crippen LogP contribution is -2.59. The Kier molecular flexibility index (Phi) is 11.5. The maximum Gasteiger partial charge on any atom is 0.258 e. The number of hydrogen-bond acceptors (Lipinski definition) is 7. The number of ketones is 1. The first-order chi connectivity index (χ1) is 25.5. The summed E-state index contributed by atoms with van der Waals surface area (Å²) in [6.07, 6.45) is 5.08. The molecule has 0 atom stereocenters. The molecule has 5 heterocycles. The molecule has 8 rings (SSSR count). The third kappa shape index (κ3) is 8.09. The van der Waals surface area contributed by atoms with Crippen LogP contribution in [0, 0.1) is 32.0 Å². The smallest absolute Gasteiger partial charge is 0.258 e. The zero-order valence-electron chi connectivity index (χ0n) is 30.7. The quantitative estimate of drug-likeness (QED) is 0.147. The van der Waals surface area contributed by atoms with Gasteiger partial charge in [0.05, 0.1) is 11.3 Å². The number of carbonyl (C=O) groups is 3. The van der Waals surface area contributed by atoms with E-state index in [2.05, 4.69) is 27.8 Å². The van der Waals surface area contributed by atoms with E-state index in [1.165, 1.54) is 6.07 Å². The van der Waals surface area contributed by atoms with Gasteiger partial charge < -0.3 is 20.3 Å². The van der Waals surface area contributed by atoms with Gasteiger partial charge in [-0.1, -0.05) is 48.0 Å². The van der Waals surface area contributed by atoms with Gasteiger partial charge in [-0.2, -0.15) is 0 Å². The van der Waals surface area contributed by atoms with Crippen LogP contribution in [0.5, 0.6) is 0 Å². The van der Waals surface area contributed by atoms with Crippen molar-refractivity contribution >= 4 is 40.9 Å². The van der Waals surface area contributed by atoms with E-state index in [1.54, 1.807) is 24.3 Å². The molecule has 5 aromatic rings. The highest BCUT2D eigenvalue weighted by atomic mass is 32.1. The van der Waals surface area contributed by atoms with Gasteiger partial charge in [0, 0.05) is 70.9 Å². The van der Waals surface area contributed by atoms with Crippen LogP contribution < -0.4 is 15.5 Å². The van der Waals surface area contributed by atoms with Crippen LogP contribution >= 0.6 is 11.3 Å². The van der Waals surface area contributed by atoms with Crippen molar-refractivity contribution < 1.29 is 23.5 Å². The van der Waals surface area contributed by atoms with Gasteiger partial charge >= 0.3 is 0 Å². The number of pyridine rings is 1. The minimum absolute atomic E-state index is 0.00720. The van der Waals surface area contributed by atoms with Gasteiger partial charge in [0.25, 0.3) is 5.91 Å². The molecule has 0 radical (unpaired) electrons. The molecule has 8 nitrogen and oxygen atoms in total. The average Bonchev–Trinajstić information content (AvgIpc) is 3.48. The third-order valence-electron chi connectivity index (χ3n) is 10.2. The predicted molar refractivity (Wildman–Crippen MR) is 210 cm³/mol. The monoisotopic (exact) mass is 732 g/mol. The lowest BCUT2D eigenvalue weighted by Gasteiger charge is -2.53. The molecule has 0 saturated carbocycles. The minimum Gasteiger partial charge on any atom is -0.381 e. The van der Waals surface area contributed by atoms with Crippen molar-refractivity contribution in [3.63, 3.8) is 0 Å². The number of nitrogens with two attached hydrogens (primary N) is 1. The summed E-state index contributed by atoms with van der Waals surface area (Å²) in [6.45, 7) is 11.9. The highest BCUT2D eigenvalue weighted by Crippen LogP contribution is 2.46. The second-order valence-electron chi connectivity index (χ2n) is 14.0. The number of thiophene rings is 1. The number of carbonyl (C=O) groups excluding carboxylic acids is 3. The van der Waals surface area contributed by atoms with Crippen molar-refractivity contribution in [1.29, 1.82) is 0 Å². The largest absolute Gasteiger partial charge is 0.381 e. The van der Waals surface area contributed by atoms with E-state index in [4.69, 9.17) is 9.53 Å². The van der Waals surface area contributed by atoms with E-state index in [0.717, 1.165) is 100 Å². The second-order valence-corrected chi connectivity index (χ2v) is 15.1. The third-order valence-corrected chi connectivity index (χ3v) is 11.4. The Hall–Kier alpha value is -5.19. The van der Waals surface area contributed by atoms with Crippen LogP contribution in [0.3, 0.4) is 0 Å². The maximum absolute atomic E-state index is 14.6. The Bertz CT molecular complexity index is 2100. The number of halogens is 1. The number of aromatic nitrogens is 1. The van der Waals surface area contributed by atoms with Gasteiger partial charge in [-0.25, -0.2) is 9.37 Å². The van der Waals surface area contributed by atoms with Crippen molar-refractivity contribution in [2.75, 3.05) is 42.6 Å². The van der Waals surface area contributed by atoms with Gasteiger partial charge in [-0.15, -0.1) is 11.3 Å². The van der Waals surface area contributed by atoms with Crippen LogP contribution in [0.2, 0.25) is 0 Å². The molecular weight excluding hydrogens is 688 g/mol. The summed E-state index contributed by atoms with van der Waals surface area (Å²) < 4.78 is 20.0. The topological polar surface area (TPSA) is 106 Å². The summed E-state index contributed by atoms with van der Waals surface area (Å²) >= 11 is 1.61. The van der Waals surface area contributed by atoms with Gasteiger partial charge in [-0.3, -0.25) is 14.4 Å². The van der Waals surface area contributed by atoms with E-state index in [-0.39, 0.29) is 23.9 Å². The lowest BCUT2D eigenvalue weighted by atomic mass is 9.73. The van der Waals surface area contributed by atoms with Gasteiger partial charge in [0.1, 0.15) is 11.6 Å². The lowest BCUT2D eigenvalue weighted by molar-refractivity contribution is -0.106. The first-order valence-electron chi connectivity index (χ1n) is 17.9. The summed E-state index contributed by atoms with van der Waals surface area (Å²) in [6, 6.07) is 25.0. The predicted octanol–water partition coefficient (Wildman–Crippen LogP) is 8.35. The van der Waals surface area contributed by atoms with Gasteiger partial charge in [0.15, 0.2) is 5.78 Å². The fourth-order valence-corrected chi connectivity index (χ4v) is 8.69. The molecule has 3 aliphatic heterocycles. The first kappa shape index (κ1) is 37.6. The molecule has 2 amide bonds. The zero-order chi connectivity index (χ0) is 37.7. The van der Waals surface area contributed by atoms with Crippen LogP contribution in [0.4, 0.5) is 15.9 Å². The van der Waals surface area contributed by atoms with Crippen molar-refractivity contribution in [1.82, 2.24) is 4.98 Å². The standard InChI is InChI=1S/C27H22FNOS.C15H20N2O2.CH3NO/c1-17-10-12-19(13-11-17)27(30)29-15-14-20-16-24(25-18(2)6-5-8-22(25)28)31-26(20)21-7-3-4-9-23(21)29;1-11-7-13(12(2)18)14(16-8-11)17-9-15(10-17)3-5-19-6-4-15;2-1-3/h3-13,16H,14-15H2,1-2H3;7-8H,3-6,9-10H2,1-2H3;1H,(H2,2,3). The number of ether oxygens (including phenoxy) is 1. The molecule has 2 aromatic heterocycles. The number of nitrogens with zero attached hydrogens (tertiary/aromatic N) is 3. The number of aryl methyl sites for hydroxylation is 3. The van der Waals surface area contributed by atoms with E-state index >= 15 is 0 Å². The number of fused-ring (bicyclic) bond motifs is 3. The molecule has 2 N–H and O–H groups in total. The molecule has 53 heavy (non-hydrogen) atoms. The van der Waals surface area contributed by atoms with E-state index < -0.39 is 0 Å². The highest BCUT2D eigenvalue weighted by molar-refractivity contribution is 7.19. The number of para-hydroxylation sites is 1. The number of hydrogen-bond donors (Lipinski definition) is 1. The first-order valence-corrected chi connectivity index (χ1v) is 18.7. The SMILES string of the molecule is CC(=O)c1cc(C)cnc1N1CC2(CCOCC2)C1.Cc1ccc(C(=O)N2CCc3cc(-c4c(C)cccc4F)sc3-c3ccccc32)cc1.NC=O. The number of Topliss-reactive ketones (excluding diaryl/α,β-unsaturated/α-hetero) is 1. The fourth-order valence-electron chi connectivity index (χ4n) is 7.33. The summed E-state index contributed by atoms with van der Waals surface area (Å²) in [5.41, 5.74) is 12.9. The van der Waals surface area contributed by atoms with E-state index in [0.29, 0.717) is 23.1 Å². The molecule has 1 spiro atoms. The Morgan fingerprint density at radius 3 is 2.32 bits per heavy atom. The van der Waals surface area contributed by atoms with Gasteiger partial charge in [-0.05, 0) is 100 Å². The summed E-state index contributed by atoms with van der Waals surface area (Å²) in [5, 5.41) is 0. The van der Waals surface area contributed by atoms with Crippen LogP contribution in [0.25, 0.3) is 20.9 Å². The Morgan fingerprint density at radius 1 is 0.943 bits per heavy atom. The Morgan fingerprint density at radius 2 is 1.64 bits per heavy atom. The number of amides is 2. The normalized spacial score (nSPS) is 15.3. The number of primary amides is 1. The van der Waals surface area contributed by atoms with Crippen molar-refractivity contribution in [2.45, 2.75) is 47.0 Å². The number of rotatable bonds is 4. The molecule has 0 bridgehead atoms. The number of anilines is 2. The summed E-state index contributed by atoms with van der Waals surface area (Å²) in [7, 11) is 0. The maximum atomic E-state index is 14.6. The number of benzene rings is 3. The molecule has 0 aliphatic carbocycles. The summed E-state index contributed by atoms with van der Waals surface area (Å²) in [4.78, 5) is 44.3. The Labute approximate surface area is 314 Å². The molecule has 2 fully saturated rings. The van der Waals surface area contributed by atoms with Crippen LogP contribution in [-0.2, 0) is 16.0 Å². The Balaban J connectivity index is 0.000000186. The summed E-state index contributed by atoms with van der Waals surface area (Å²) in [5.74, 6) is 0.767. The molecule has 3 aliphatic rings. The second kappa shape index (κ2) is 16.2. The molecular formula is C43H45FN4O4S. The molecule has 0 unspecified atom stereocenters. The molecule has 3 aromatic carbocycles. The van der Waals surface area contributed by atoms with Crippen LogP contribution in [-0.4, -0.2) is 55.9 Å². The molecule has 2 saturated heterocycles. The fraction of sp³-hybridized carbons (Fsp3) is 0.302. The minimum atomic E-state index is -0.194. The van der Waals surface area contributed by atoms with E-state index in [1.807, 2.05) is 86.5 Å². The zero-order valence-corrected chi connectivity index (χ0v) is 31.5. The molecule has 274 valence electrons. The van der Waals surface area contributed by atoms with Crippen molar-refractivity contribution in [3.05, 3.63) is 124 Å². The van der Waals surface area contributed by atoms with Crippen LogP contribution in [0.15, 0.2) is 85.1 Å². The van der Waals surface area contributed by atoms with Crippen molar-refractivity contribution in [2.24, 2.45) is 11.1 Å². The van der Waals surface area contributed by atoms with E-state index in [9.17, 15) is 14.0 Å². The molecule has 10 heteroatoms.